The molecule has 1 atom stereocenters. The molecule has 0 radical (unpaired) electrons. The van der Waals surface area contributed by atoms with Gasteiger partial charge in [-0.25, -0.2) is 13.1 Å². The molecule has 1 amide bonds. The van der Waals surface area contributed by atoms with Gasteiger partial charge >= 0.3 is 0 Å². The summed E-state index contributed by atoms with van der Waals surface area (Å²) in [4.78, 5) is 14.1. The Balaban J connectivity index is 1.63. The molecule has 2 aliphatic rings. The predicted molar refractivity (Wildman–Crippen MR) is 118 cm³/mol. The molecule has 1 N–H and O–H groups in total. The molecule has 0 saturated heterocycles. The van der Waals surface area contributed by atoms with Gasteiger partial charge in [0.1, 0.15) is 17.1 Å². The molecule has 4 rings (SSSR count). The molecule has 0 aromatic heterocycles. The average Bonchev–Trinajstić information content (AvgIpc) is 3.15. The quantitative estimate of drug-likeness (QED) is 0.762. The molecule has 2 heterocycles. The fourth-order valence-electron chi connectivity index (χ4n) is 4.31. The number of benzene rings is 2. The second-order valence-corrected chi connectivity index (χ2v) is 10.3. The van der Waals surface area contributed by atoms with Crippen molar-refractivity contribution in [1.29, 1.82) is 0 Å². The molecule has 166 valence electrons. The van der Waals surface area contributed by atoms with Crippen LogP contribution in [-0.2, 0) is 21.2 Å². The van der Waals surface area contributed by atoms with E-state index in [9.17, 15) is 13.2 Å². The summed E-state index contributed by atoms with van der Waals surface area (Å²) < 4.78 is 40.7. The first-order chi connectivity index (χ1) is 14.6. The van der Waals surface area contributed by atoms with Crippen LogP contribution >= 0.6 is 0 Å². The van der Waals surface area contributed by atoms with E-state index in [2.05, 4.69) is 4.72 Å². The van der Waals surface area contributed by atoms with Crippen molar-refractivity contribution in [2.24, 2.45) is 0 Å². The van der Waals surface area contributed by atoms with Gasteiger partial charge in [-0.2, -0.15) is 0 Å². The van der Waals surface area contributed by atoms with Gasteiger partial charge in [-0.1, -0.05) is 13.0 Å². The molecular weight excluding hydrogens is 416 g/mol. The van der Waals surface area contributed by atoms with Crippen LogP contribution < -0.4 is 19.1 Å². The summed E-state index contributed by atoms with van der Waals surface area (Å²) >= 11 is 0. The second-order valence-electron chi connectivity index (χ2n) is 8.58. The van der Waals surface area contributed by atoms with Gasteiger partial charge in [-0.3, -0.25) is 4.79 Å². The van der Waals surface area contributed by atoms with E-state index in [1.165, 1.54) is 0 Å². The summed E-state index contributed by atoms with van der Waals surface area (Å²) in [5, 5.41) is 0. The fourth-order valence-corrected chi connectivity index (χ4v) is 5.58. The number of anilines is 1. The van der Waals surface area contributed by atoms with Crippen LogP contribution in [0.1, 0.15) is 50.8 Å². The first-order valence-electron chi connectivity index (χ1n) is 10.5. The molecule has 0 spiro atoms. The Hall–Kier alpha value is -2.58. The van der Waals surface area contributed by atoms with E-state index >= 15 is 0 Å². The topological polar surface area (TPSA) is 84.9 Å². The molecule has 0 aliphatic carbocycles. The summed E-state index contributed by atoms with van der Waals surface area (Å²) in [6.07, 6.45) is 1.57. The minimum Gasteiger partial charge on any atom is -0.497 e. The lowest BCUT2D eigenvalue weighted by atomic mass is 9.90. The number of carbonyl (C=O) groups is 1. The lowest BCUT2D eigenvalue weighted by Crippen LogP contribution is -2.41. The monoisotopic (exact) mass is 444 g/mol. The highest BCUT2D eigenvalue weighted by Crippen LogP contribution is 2.42. The van der Waals surface area contributed by atoms with Crippen LogP contribution in [0.3, 0.4) is 0 Å². The third-order valence-corrected chi connectivity index (χ3v) is 7.31. The normalized spacial score (nSPS) is 19.4. The van der Waals surface area contributed by atoms with Crippen LogP contribution in [0.4, 0.5) is 5.69 Å². The largest absolute Gasteiger partial charge is 0.497 e. The smallest absolute Gasteiger partial charge is 0.241 e. The number of fused-ring (bicyclic) bond motifs is 2. The predicted octanol–water partition coefficient (Wildman–Crippen LogP) is 3.58. The molecule has 0 bridgehead atoms. The number of methoxy groups -OCH3 is 1. The molecule has 2 aliphatic heterocycles. The van der Waals surface area contributed by atoms with E-state index in [0.717, 1.165) is 16.8 Å². The van der Waals surface area contributed by atoms with E-state index in [4.69, 9.17) is 9.47 Å². The first-order valence-corrected chi connectivity index (χ1v) is 11.9. The minimum absolute atomic E-state index is 0.0453. The number of nitrogens with zero attached hydrogens (tertiary/aromatic N) is 1. The summed E-state index contributed by atoms with van der Waals surface area (Å²) in [7, 11) is -2.19. The van der Waals surface area contributed by atoms with Crippen molar-refractivity contribution < 1.29 is 22.7 Å². The van der Waals surface area contributed by atoms with Gasteiger partial charge in [0.05, 0.1) is 18.0 Å². The molecule has 0 saturated carbocycles. The highest BCUT2D eigenvalue weighted by atomic mass is 32.2. The zero-order chi connectivity index (χ0) is 22.4. The zero-order valence-electron chi connectivity index (χ0n) is 18.3. The van der Waals surface area contributed by atoms with Crippen LogP contribution in [-0.4, -0.2) is 33.6 Å². The number of nitrogens with one attached hydrogen (secondary N) is 1. The van der Waals surface area contributed by atoms with Gasteiger partial charge in [-0.15, -0.1) is 0 Å². The number of hydrogen-bond donors (Lipinski definition) is 1. The van der Waals surface area contributed by atoms with Crippen molar-refractivity contribution in [3.63, 3.8) is 0 Å². The Bertz CT molecular complexity index is 1130. The van der Waals surface area contributed by atoms with Crippen LogP contribution in [0.25, 0.3) is 0 Å². The van der Waals surface area contributed by atoms with E-state index in [1.54, 1.807) is 42.3 Å². The first kappa shape index (κ1) is 21.6. The van der Waals surface area contributed by atoms with Crippen molar-refractivity contribution >= 4 is 21.6 Å². The Morgan fingerprint density at radius 3 is 2.74 bits per heavy atom. The van der Waals surface area contributed by atoms with Crippen molar-refractivity contribution in [3.8, 4) is 11.5 Å². The SMILES string of the molecule is CCC(=O)N1CCc2cc(S(=O)(=O)N[C@H]3CC(C)(C)Oc4cc(OC)ccc43)ccc21. The molecule has 0 unspecified atom stereocenters. The highest BCUT2D eigenvalue weighted by Gasteiger charge is 2.36. The van der Waals surface area contributed by atoms with Gasteiger partial charge in [0, 0.05) is 36.7 Å². The second kappa shape index (κ2) is 7.84. The lowest BCUT2D eigenvalue weighted by molar-refractivity contribution is -0.118. The molecule has 0 fully saturated rings. The number of rotatable bonds is 5. The van der Waals surface area contributed by atoms with Gasteiger partial charge < -0.3 is 14.4 Å². The number of sulfonamides is 1. The lowest BCUT2D eigenvalue weighted by Gasteiger charge is -2.37. The Morgan fingerprint density at radius 1 is 1.26 bits per heavy atom. The van der Waals surface area contributed by atoms with Crippen molar-refractivity contribution in [2.75, 3.05) is 18.6 Å². The molecule has 8 heteroatoms. The van der Waals surface area contributed by atoms with E-state index in [1.807, 2.05) is 26.8 Å². The summed E-state index contributed by atoms with van der Waals surface area (Å²) in [6.45, 7) is 6.28. The van der Waals surface area contributed by atoms with E-state index in [0.29, 0.717) is 37.3 Å². The van der Waals surface area contributed by atoms with Gasteiger partial charge in [0.15, 0.2) is 0 Å². The van der Waals surface area contributed by atoms with Crippen LogP contribution in [0, 0.1) is 0 Å². The number of amides is 1. The number of ether oxygens (including phenoxy) is 2. The summed E-state index contributed by atoms with van der Waals surface area (Å²) in [5.41, 5.74) is 1.92. The summed E-state index contributed by atoms with van der Waals surface area (Å²) in [5.74, 6) is 1.32. The van der Waals surface area contributed by atoms with Crippen LogP contribution in [0.15, 0.2) is 41.3 Å². The maximum Gasteiger partial charge on any atom is 0.241 e. The maximum atomic E-state index is 13.3. The van der Waals surface area contributed by atoms with Crippen molar-refractivity contribution in [3.05, 3.63) is 47.5 Å². The third-order valence-electron chi connectivity index (χ3n) is 5.84. The van der Waals surface area contributed by atoms with E-state index in [-0.39, 0.29) is 10.8 Å². The molecule has 31 heavy (non-hydrogen) atoms. The Morgan fingerprint density at radius 2 is 2.03 bits per heavy atom. The van der Waals surface area contributed by atoms with Gasteiger partial charge in [0.2, 0.25) is 15.9 Å². The highest BCUT2D eigenvalue weighted by molar-refractivity contribution is 7.89. The van der Waals surface area contributed by atoms with Crippen molar-refractivity contribution in [2.45, 2.75) is 56.6 Å². The van der Waals surface area contributed by atoms with Gasteiger partial charge in [0.25, 0.3) is 0 Å². The summed E-state index contributed by atoms with van der Waals surface area (Å²) in [6, 6.07) is 9.98. The average molecular weight is 445 g/mol. The van der Waals surface area contributed by atoms with Crippen molar-refractivity contribution in [1.82, 2.24) is 4.72 Å². The fraction of sp³-hybridized carbons (Fsp3) is 0.435. The van der Waals surface area contributed by atoms with Gasteiger partial charge in [-0.05, 0) is 50.1 Å². The van der Waals surface area contributed by atoms with E-state index < -0.39 is 21.7 Å². The third kappa shape index (κ3) is 4.14. The van der Waals surface area contributed by atoms with Crippen LogP contribution in [0.5, 0.6) is 11.5 Å². The zero-order valence-corrected chi connectivity index (χ0v) is 19.1. The molecule has 2 aromatic rings. The van der Waals surface area contributed by atoms with Crippen LogP contribution in [0.2, 0.25) is 0 Å². The molecule has 7 nitrogen and oxygen atoms in total. The maximum absolute atomic E-state index is 13.3. The number of carbonyl (C=O) groups excluding carboxylic acids is 1. The molecule has 2 aromatic carbocycles. The number of hydrogen-bond acceptors (Lipinski definition) is 5. The Kier molecular flexibility index (Phi) is 5.47. The standard InChI is InChI=1S/C23H28N2O5S/c1-5-22(26)25-11-10-15-12-17(7-9-20(15)25)31(27,28)24-19-14-23(2,3)30-21-13-16(29-4)6-8-18(19)21/h6-9,12-13,19,24H,5,10-11,14H2,1-4H3/t19-/m0/s1. The molecular formula is C23H28N2O5S. The minimum atomic E-state index is -3.77. The Labute approximate surface area is 183 Å².